The van der Waals surface area contributed by atoms with Crippen LogP contribution in [-0.2, 0) is 80.9 Å². The molecule has 0 aromatic carbocycles. The van der Waals surface area contributed by atoms with Gasteiger partial charge in [0.1, 0.15) is 18.8 Å². The molecule has 0 aromatic heterocycles. The van der Waals surface area contributed by atoms with Crippen molar-refractivity contribution in [3.63, 3.8) is 0 Å². The second-order valence-electron chi connectivity index (χ2n) is 19.5. The Morgan fingerprint density at radius 2 is 1.31 bits per heavy atom. The summed E-state index contributed by atoms with van der Waals surface area (Å²) in [4.78, 5) is 74.3. The number of carbonyl (C=O) groups is 6. The summed E-state index contributed by atoms with van der Waals surface area (Å²) in [6.07, 6.45) is -3.57. The van der Waals surface area contributed by atoms with Crippen molar-refractivity contribution in [2.75, 3.05) is 20.3 Å². The standard InChI is InChI=1S/C46H66O18/c1-22-36(58-23(2)47)38(54-9)40(61-26(5)50)42(57-22)56-21-34-37(59-24(3)48)39(60-25(4)49)41(62-27(6)51)43(64-34)63-30-12-15-44(7)29(19-30)10-11-33-32(44)13-16-45(8)31(14-17-46(33,45)53)28-18-35(52)55-20-28/h18,22,29-34,36-43,53H,10-17,19-21H2,1-9H3/t22-,29-,30-,31-,32+,33-,34+,36+,37+,38+,39-,40+,41+,42-,43+,44-,45+,46-/m0/s1. The fourth-order valence-corrected chi connectivity index (χ4v) is 13.0. The van der Waals surface area contributed by atoms with E-state index < -0.39 is 103 Å². The number of esters is 6. The molecule has 64 heavy (non-hydrogen) atoms. The lowest BCUT2D eigenvalue weighted by molar-refractivity contribution is -0.339. The van der Waals surface area contributed by atoms with Crippen LogP contribution in [0.15, 0.2) is 11.6 Å². The number of cyclic esters (lactones) is 1. The van der Waals surface area contributed by atoms with Crippen molar-refractivity contribution in [1.82, 2.24) is 0 Å². The Morgan fingerprint density at radius 3 is 1.92 bits per heavy atom. The van der Waals surface area contributed by atoms with Crippen LogP contribution >= 0.6 is 0 Å². The topological polar surface area (TPSA) is 224 Å². The van der Waals surface area contributed by atoms with E-state index in [-0.39, 0.29) is 46.6 Å². The van der Waals surface area contributed by atoms with Gasteiger partial charge in [0.15, 0.2) is 43.1 Å². The zero-order valence-corrected chi connectivity index (χ0v) is 38.4. The van der Waals surface area contributed by atoms with Crippen molar-refractivity contribution >= 4 is 35.8 Å². The average molecular weight is 907 g/mol. The third-order valence-corrected chi connectivity index (χ3v) is 15.8. The van der Waals surface area contributed by atoms with Crippen LogP contribution < -0.4 is 0 Å². The van der Waals surface area contributed by atoms with Gasteiger partial charge in [-0.3, -0.25) is 24.0 Å². The van der Waals surface area contributed by atoms with Crippen molar-refractivity contribution in [2.45, 2.75) is 186 Å². The van der Waals surface area contributed by atoms with Crippen molar-refractivity contribution in [3.8, 4) is 0 Å². The predicted octanol–water partition coefficient (Wildman–Crippen LogP) is 3.79. The molecule has 7 aliphatic rings. The summed E-state index contributed by atoms with van der Waals surface area (Å²) in [6.45, 7) is 12.1. The summed E-state index contributed by atoms with van der Waals surface area (Å²) in [5.41, 5.74) is -0.313. The largest absolute Gasteiger partial charge is 0.458 e. The van der Waals surface area contributed by atoms with E-state index in [1.807, 2.05) is 0 Å². The van der Waals surface area contributed by atoms with E-state index in [1.165, 1.54) is 41.7 Å². The highest BCUT2D eigenvalue weighted by Gasteiger charge is 2.68. The number of hydrogen-bond acceptors (Lipinski definition) is 18. The minimum atomic E-state index is -1.39. The van der Waals surface area contributed by atoms with E-state index in [0.29, 0.717) is 25.9 Å². The van der Waals surface area contributed by atoms with E-state index in [0.717, 1.165) is 44.1 Å². The second kappa shape index (κ2) is 18.9. The highest BCUT2D eigenvalue weighted by atomic mass is 16.8. The maximum Gasteiger partial charge on any atom is 0.331 e. The Balaban J connectivity index is 1.10. The van der Waals surface area contributed by atoms with Crippen molar-refractivity contribution < 1.29 is 86.0 Å². The molecular weight excluding hydrogens is 840 g/mol. The Bertz CT molecular complexity index is 1830. The molecule has 4 saturated carbocycles. The minimum absolute atomic E-state index is 0.0897. The monoisotopic (exact) mass is 906 g/mol. The van der Waals surface area contributed by atoms with Crippen LogP contribution in [0.1, 0.15) is 113 Å². The van der Waals surface area contributed by atoms with E-state index in [2.05, 4.69) is 13.8 Å². The molecular formula is C46H66O18. The molecule has 358 valence electrons. The molecule has 2 saturated heterocycles. The Kier molecular flexibility index (Phi) is 14.3. The van der Waals surface area contributed by atoms with Crippen LogP contribution in [0.2, 0.25) is 0 Å². The van der Waals surface area contributed by atoms with E-state index in [1.54, 1.807) is 13.0 Å². The number of hydrogen-bond donors (Lipinski definition) is 1. The van der Waals surface area contributed by atoms with Crippen LogP contribution in [0.25, 0.3) is 0 Å². The molecule has 18 atom stereocenters. The third-order valence-electron chi connectivity index (χ3n) is 15.8. The van der Waals surface area contributed by atoms with E-state index in [9.17, 15) is 33.9 Å². The van der Waals surface area contributed by atoms with Gasteiger partial charge in [0.05, 0.1) is 24.4 Å². The number of aliphatic hydroxyl groups is 1. The lowest BCUT2D eigenvalue weighted by Gasteiger charge is -2.64. The zero-order chi connectivity index (χ0) is 46.5. The van der Waals surface area contributed by atoms with Gasteiger partial charge < -0.3 is 57.2 Å². The molecule has 4 aliphatic carbocycles. The van der Waals surface area contributed by atoms with Gasteiger partial charge in [-0.25, -0.2) is 4.79 Å². The maximum absolute atomic E-state index is 12.7. The molecule has 18 nitrogen and oxygen atoms in total. The fraction of sp³-hybridized carbons (Fsp3) is 0.826. The van der Waals surface area contributed by atoms with Gasteiger partial charge in [0.2, 0.25) is 0 Å². The van der Waals surface area contributed by atoms with Crippen molar-refractivity contribution in [1.29, 1.82) is 0 Å². The summed E-state index contributed by atoms with van der Waals surface area (Å²) >= 11 is 0. The normalized spacial score (nSPS) is 43.9. The first-order valence-corrected chi connectivity index (χ1v) is 22.8. The van der Waals surface area contributed by atoms with Gasteiger partial charge in [-0.15, -0.1) is 0 Å². The fourth-order valence-electron chi connectivity index (χ4n) is 13.0. The maximum atomic E-state index is 12.7. The van der Waals surface area contributed by atoms with Gasteiger partial charge >= 0.3 is 35.8 Å². The van der Waals surface area contributed by atoms with Gasteiger partial charge in [-0.05, 0) is 99.4 Å². The summed E-state index contributed by atoms with van der Waals surface area (Å²) in [6, 6.07) is 0. The Hall–Kier alpha value is -3.68. The molecule has 0 bridgehead atoms. The van der Waals surface area contributed by atoms with Crippen molar-refractivity contribution in [2.24, 2.45) is 34.5 Å². The summed E-state index contributed by atoms with van der Waals surface area (Å²) in [5, 5.41) is 12.7. The Morgan fingerprint density at radius 1 is 0.703 bits per heavy atom. The molecule has 0 aromatic rings. The van der Waals surface area contributed by atoms with Gasteiger partial charge in [-0.1, -0.05) is 13.8 Å². The number of ether oxygens (including phenoxy) is 11. The quantitative estimate of drug-likeness (QED) is 0.167. The van der Waals surface area contributed by atoms with Crippen LogP contribution in [0.4, 0.5) is 0 Å². The smallest absolute Gasteiger partial charge is 0.331 e. The molecule has 0 unspecified atom stereocenters. The van der Waals surface area contributed by atoms with Gasteiger partial charge in [0.25, 0.3) is 0 Å². The van der Waals surface area contributed by atoms with E-state index >= 15 is 0 Å². The summed E-state index contributed by atoms with van der Waals surface area (Å²) < 4.78 is 64.9. The molecule has 0 spiro atoms. The molecule has 3 aliphatic heterocycles. The predicted molar refractivity (Wildman–Crippen MR) is 218 cm³/mol. The summed E-state index contributed by atoms with van der Waals surface area (Å²) in [5.74, 6) is -3.08. The second-order valence-corrected chi connectivity index (χ2v) is 19.5. The molecule has 3 heterocycles. The minimum Gasteiger partial charge on any atom is -0.458 e. The molecule has 18 heteroatoms. The molecule has 6 fully saturated rings. The molecule has 7 rings (SSSR count). The lowest BCUT2D eigenvalue weighted by atomic mass is 9.43. The first-order chi connectivity index (χ1) is 30.2. The van der Waals surface area contributed by atoms with Crippen LogP contribution in [0.5, 0.6) is 0 Å². The zero-order valence-electron chi connectivity index (χ0n) is 38.4. The SMILES string of the molecule is CO[C@H]1[C@@H](OC(C)=O)[C@@H](OC[C@H]2O[C@@H](O[C@H]3CC[C@@]4(C)[C@@H](CC[C@H]5[C@H]4CC[C@]4(C)[C@H](C6=CC(=O)OC6)CC[C@]54O)C3)[C@H](OC(C)=O)[C@@H](OC(C)=O)[C@@H]2OC(C)=O)O[C@@H](C)[C@H]1OC(C)=O. The van der Waals surface area contributed by atoms with E-state index in [4.69, 9.17) is 52.1 Å². The first kappa shape index (κ1) is 48.3. The first-order valence-electron chi connectivity index (χ1n) is 22.8. The molecule has 0 amide bonds. The molecule has 1 N–H and O–H groups in total. The number of rotatable bonds is 12. The third kappa shape index (κ3) is 9.20. The average Bonchev–Trinajstić information content (AvgIpc) is 3.76. The Labute approximate surface area is 373 Å². The lowest BCUT2D eigenvalue weighted by Crippen LogP contribution is -2.65. The van der Waals surface area contributed by atoms with Crippen LogP contribution in [0.3, 0.4) is 0 Å². The van der Waals surface area contributed by atoms with Crippen LogP contribution in [0, 0.1) is 34.5 Å². The molecule has 0 radical (unpaired) electrons. The van der Waals surface area contributed by atoms with Gasteiger partial charge in [0, 0.05) is 53.2 Å². The number of carbonyl (C=O) groups excluding carboxylic acids is 6. The van der Waals surface area contributed by atoms with Gasteiger partial charge in [-0.2, -0.15) is 0 Å². The van der Waals surface area contributed by atoms with Crippen LogP contribution in [-0.4, -0.2) is 134 Å². The highest BCUT2D eigenvalue weighted by Crippen LogP contribution is 2.70. The summed E-state index contributed by atoms with van der Waals surface area (Å²) in [7, 11) is 1.36. The highest BCUT2D eigenvalue weighted by molar-refractivity contribution is 5.85. The number of fused-ring (bicyclic) bond motifs is 5. The van der Waals surface area contributed by atoms with Crippen molar-refractivity contribution in [3.05, 3.63) is 11.6 Å². The number of methoxy groups -OCH3 is 1.